The fourth-order valence-corrected chi connectivity index (χ4v) is 3.93. The van der Waals surface area contributed by atoms with Crippen LogP contribution in [0.2, 0.25) is 10.0 Å². The Balaban J connectivity index is 1.91. The predicted molar refractivity (Wildman–Crippen MR) is 108 cm³/mol. The minimum atomic E-state index is -0.979. The lowest BCUT2D eigenvalue weighted by Gasteiger charge is -2.27. The Morgan fingerprint density at radius 1 is 1.07 bits per heavy atom. The van der Waals surface area contributed by atoms with Gasteiger partial charge in [0.2, 0.25) is 5.78 Å². The molecule has 0 aromatic heterocycles. The zero-order valence-electron chi connectivity index (χ0n) is 14.4. The Morgan fingerprint density at radius 2 is 1.74 bits per heavy atom. The quantitative estimate of drug-likeness (QED) is 0.473. The van der Waals surface area contributed by atoms with Gasteiger partial charge in [-0.1, -0.05) is 57.3 Å². The van der Waals surface area contributed by atoms with Crippen LogP contribution in [-0.2, 0) is 20.8 Å². The van der Waals surface area contributed by atoms with Gasteiger partial charge in [-0.3, -0.25) is 14.4 Å². The van der Waals surface area contributed by atoms with Crippen LogP contribution in [0.15, 0.2) is 46.9 Å². The van der Waals surface area contributed by atoms with E-state index in [0.29, 0.717) is 23.0 Å². The summed E-state index contributed by atoms with van der Waals surface area (Å²) in [5.41, 5.74) is 1.65. The molecule has 140 valence electrons. The number of nitrogens with zero attached hydrogens (tertiary/aromatic N) is 1. The maximum atomic E-state index is 12.6. The molecule has 2 aromatic carbocycles. The van der Waals surface area contributed by atoms with E-state index in [1.54, 1.807) is 12.1 Å². The molecule has 2 aromatic rings. The number of likely N-dealkylation sites (tertiary alicyclic amines) is 1. The van der Waals surface area contributed by atoms with Crippen LogP contribution < -0.4 is 0 Å². The summed E-state index contributed by atoms with van der Waals surface area (Å²) in [7, 11) is 0. The normalized spacial score (nSPS) is 19.6. The zero-order valence-corrected chi connectivity index (χ0v) is 17.5. The van der Waals surface area contributed by atoms with Crippen LogP contribution in [0.3, 0.4) is 0 Å². The molecule has 2 atom stereocenters. The van der Waals surface area contributed by atoms with Crippen molar-refractivity contribution in [3.05, 3.63) is 68.1 Å². The molecule has 1 aliphatic rings. The number of Topliss-reactive ketones (excluding diaryl/α,β-unsaturated/α-hetero) is 2. The van der Waals surface area contributed by atoms with Crippen LogP contribution in [0.1, 0.15) is 24.1 Å². The van der Waals surface area contributed by atoms with E-state index in [2.05, 4.69) is 15.9 Å². The van der Waals surface area contributed by atoms with Crippen LogP contribution in [0.4, 0.5) is 0 Å². The van der Waals surface area contributed by atoms with Gasteiger partial charge >= 0.3 is 0 Å². The Kier molecular flexibility index (Phi) is 6.04. The number of hydrogen-bond donors (Lipinski definition) is 0. The molecule has 1 amide bonds. The minimum Gasteiger partial charge on any atom is -0.328 e. The van der Waals surface area contributed by atoms with E-state index in [1.807, 2.05) is 30.3 Å². The lowest BCUT2D eigenvalue weighted by atomic mass is 9.90. The second-order valence-corrected chi connectivity index (χ2v) is 8.18. The summed E-state index contributed by atoms with van der Waals surface area (Å²) in [6, 6.07) is 12.0. The number of halogens is 3. The molecular weight excluding hydrogens is 453 g/mol. The van der Waals surface area contributed by atoms with E-state index < -0.39 is 23.7 Å². The summed E-state index contributed by atoms with van der Waals surface area (Å²) < 4.78 is 0.878. The molecule has 4 nitrogen and oxygen atoms in total. The molecule has 7 heteroatoms. The Hall–Kier alpha value is -1.69. The summed E-state index contributed by atoms with van der Waals surface area (Å²) in [5, 5.41) is 0.890. The average Bonchev–Trinajstić information content (AvgIpc) is 2.88. The molecule has 0 saturated carbocycles. The molecule has 1 saturated heterocycles. The van der Waals surface area contributed by atoms with E-state index in [1.165, 1.54) is 11.8 Å². The Bertz CT molecular complexity index is 914. The van der Waals surface area contributed by atoms with Crippen molar-refractivity contribution in [2.24, 2.45) is 5.92 Å². The maximum Gasteiger partial charge on any atom is 0.291 e. The van der Waals surface area contributed by atoms with Crippen LogP contribution in [0.5, 0.6) is 0 Å². The van der Waals surface area contributed by atoms with Gasteiger partial charge in [0.05, 0.1) is 16.1 Å². The molecule has 0 aliphatic carbocycles. The third-order valence-corrected chi connectivity index (χ3v) is 5.95. The molecule has 1 heterocycles. The van der Waals surface area contributed by atoms with Crippen LogP contribution in [-0.4, -0.2) is 28.9 Å². The van der Waals surface area contributed by atoms with Gasteiger partial charge in [0.25, 0.3) is 5.91 Å². The molecule has 27 heavy (non-hydrogen) atoms. The Labute approximate surface area is 175 Å². The highest BCUT2D eigenvalue weighted by atomic mass is 79.9. The van der Waals surface area contributed by atoms with Gasteiger partial charge < -0.3 is 4.90 Å². The highest BCUT2D eigenvalue weighted by molar-refractivity contribution is 9.10. The van der Waals surface area contributed by atoms with Crippen LogP contribution >= 0.6 is 39.1 Å². The van der Waals surface area contributed by atoms with Crippen LogP contribution in [0.25, 0.3) is 0 Å². The monoisotopic (exact) mass is 467 g/mol. The number of rotatable bonds is 5. The Morgan fingerprint density at radius 3 is 2.33 bits per heavy atom. The number of benzene rings is 2. The first-order valence-electron chi connectivity index (χ1n) is 8.34. The third kappa shape index (κ3) is 4.10. The van der Waals surface area contributed by atoms with Gasteiger partial charge in [0.1, 0.15) is 11.7 Å². The molecule has 3 rings (SSSR count). The average molecular weight is 469 g/mol. The van der Waals surface area contributed by atoms with Gasteiger partial charge in [0, 0.05) is 11.0 Å². The van der Waals surface area contributed by atoms with Crippen LogP contribution in [0, 0.1) is 5.92 Å². The second kappa shape index (κ2) is 8.13. The van der Waals surface area contributed by atoms with E-state index in [9.17, 15) is 14.4 Å². The number of amides is 1. The second-order valence-electron chi connectivity index (χ2n) is 6.45. The number of ketones is 2. The smallest absolute Gasteiger partial charge is 0.291 e. The summed E-state index contributed by atoms with van der Waals surface area (Å²) in [6.45, 7) is 1.65. The van der Waals surface area contributed by atoms with Gasteiger partial charge in [-0.05, 0) is 48.7 Å². The molecule has 2 unspecified atom stereocenters. The van der Waals surface area contributed by atoms with Gasteiger partial charge in [0.15, 0.2) is 0 Å². The number of carbonyl (C=O) groups is 3. The topological polar surface area (TPSA) is 54.5 Å². The highest BCUT2D eigenvalue weighted by Crippen LogP contribution is 2.37. The van der Waals surface area contributed by atoms with Crippen molar-refractivity contribution in [1.82, 2.24) is 4.90 Å². The fourth-order valence-electron chi connectivity index (χ4n) is 3.35. The first-order chi connectivity index (χ1) is 12.8. The summed E-state index contributed by atoms with van der Waals surface area (Å²) in [6.07, 6.45) is 0.494. The summed E-state index contributed by atoms with van der Waals surface area (Å²) in [5.74, 6) is -2.56. The molecule has 0 N–H and O–H groups in total. The number of hydrogen-bond acceptors (Lipinski definition) is 3. The molecule has 1 fully saturated rings. The zero-order chi connectivity index (χ0) is 19.7. The maximum absolute atomic E-state index is 12.6. The lowest BCUT2D eigenvalue weighted by molar-refractivity contribution is -0.142. The molecule has 1 aliphatic heterocycles. The largest absolute Gasteiger partial charge is 0.328 e. The first-order valence-corrected chi connectivity index (χ1v) is 9.89. The fraction of sp³-hybridized carbons (Fsp3) is 0.250. The van der Waals surface area contributed by atoms with Crippen molar-refractivity contribution in [3.63, 3.8) is 0 Å². The third-order valence-electron chi connectivity index (χ3n) is 4.68. The summed E-state index contributed by atoms with van der Waals surface area (Å²) in [4.78, 5) is 38.6. The molecular formula is C20H16BrCl2NO3. The minimum absolute atomic E-state index is 0.299. The number of carbonyl (C=O) groups excluding carboxylic acids is 3. The highest BCUT2D eigenvalue weighted by Gasteiger charge is 2.49. The van der Waals surface area contributed by atoms with Crippen molar-refractivity contribution >= 4 is 56.6 Å². The SMILES string of the molecule is CC(=O)C1C(=O)C(=O)N(CCc2ccc(Cl)c(Cl)c2)C1c1ccc(Br)cc1. The molecule has 0 bridgehead atoms. The summed E-state index contributed by atoms with van der Waals surface area (Å²) >= 11 is 15.4. The standard InChI is InChI=1S/C20H16BrCl2NO3/c1-11(25)17-18(13-3-5-14(21)6-4-13)24(20(27)19(17)26)9-8-12-2-7-15(22)16(23)10-12/h2-7,10,17-18H,8-9H2,1H3. The molecule has 0 radical (unpaired) electrons. The van der Waals surface area contributed by atoms with Crippen molar-refractivity contribution in [2.45, 2.75) is 19.4 Å². The van der Waals surface area contributed by atoms with Crippen molar-refractivity contribution < 1.29 is 14.4 Å². The van der Waals surface area contributed by atoms with Crippen molar-refractivity contribution in [3.8, 4) is 0 Å². The predicted octanol–water partition coefficient (Wildman–Crippen LogP) is 4.66. The van der Waals surface area contributed by atoms with E-state index in [-0.39, 0.29) is 5.78 Å². The van der Waals surface area contributed by atoms with Gasteiger partial charge in [-0.25, -0.2) is 0 Å². The van der Waals surface area contributed by atoms with E-state index >= 15 is 0 Å². The first kappa shape index (κ1) is 20.1. The molecule has 0 spiro atoms. The van der Waals surface area contributed by atoms with Crippen molar-refractivity contribution in [1.29, 1.82) is 0 Å². The van der Waals surface area contributed by atoms with E-state index in [0.717, 1.165) is 15.6 Å². The van der Waals surface area contributed by atoms with Gasteiger partial charge in [-0.15, -0.1) is 0 Å². The van der Waals surface area contributed by atoms with Gasteiger partial charge in [-0.2, -0.15) is 0 Å². The van der Waals surface area contributed by atoms with Crippen molar-refractivity contribution in [2.75, 3.05) is 6.54 Å². The van der Waals surface area contributed by atoms with E-state index in [4.69, 9.17) is 23.2 Å². The lowest BCUT2D eigenvalue weighted by Crippen LogP contribution is -2.32.